The maximum absolute atomic E-state index is 13.4. The van der Waals surface area contributed by atoms with Crippen molar-refractivity contribution in [3.8, 4) is 0 Å². The minimum Gasteiger partial charge on any atom is -0.463 e. The zero-order valence-corrected chi connectivity index (χ0v) is 21.3. The molecule has 0 aromatic heterocycles. The van der Waals surface area contributed by atoms with Crippen molar-refractivity contribution >= 4 is 17.8 Å². The number of rotatable bonds is 9. The van der Waals surface area contributed by atoms with Gasteiger partial charge in [0.15, 0.2) is 6.29 Å². The first-order valence-electron chi connectivity index (χ1n) is 12.7. The van der Waals surface area contributed by atoms with Gasteiger partial charge in [-0.15, -0.1) is 0 Å². The highest BCUT2D eigenvalue weighted by Crippen LogP contribution is 2.35. The summed E-state index contributed by atoms with van der Waals surface area (Å²) in [7, 11) is 0. The molecule has 0 aliphatic carbocycles. The summed E-state index contributed by atoms with van der Waals surface area (Å²) in [5.74, 6) is -1.65. The highest BCUT2D eigenvalue weighted by atomic mass is 16.7. The lowest BCUT2D eigenvalue weighted by atomic mass is 9.94. The lowest BCUT2D eigenvalue weighted by Gasteiger charge is -2.46. The van der Waals surface area contributed by atoms with E-state index < -0.39 is 48.4 Å². The minimum atomic E-state index is -1.62. The van der Waals surface area contributed by atoms with Gasteiger partial charge in [-0.25, -0.2) is 0 Å². The SMILES string of the molecule is CC(=O)OC[C@H]1O[C@H](O)[C@@H](N2C(=O)c3ccccc3C2=O)[C@@H](OCc2ccccc2)[C@@H]1OCc1ccccc1. The Morgan fingerprint density at radius 1 is 0.795 bits per heavy atom. The predicted octanol–water partition coefficient (Wildman–Crippen LogP) is 3.10. The van der Waals surface area contributed by atoms with Crippen LogP contribution in [0.3, 0.4) is 0 Å². The summed E-state index contributed by atoms with van der Waals surface area (Å²) in [5, 5.41) is 11.2. The van der Waals surface area contributed by atoms with Crippen molar-refractivity contribution in [2.75, 3.05) is 6.61 Å². The van der Waals surface area contributed by atoms with Gasteiger partial charge in [0.2, 0.25) is 0 Å². The monoisotopic (exact) mass is 531 g/mol. The van der Waals surface area contributed by atoms with Gasteiger partial charge in [0.25, 0.3) is 11.8 Å². The molecule has 9 heteroatoms. The zero-order valence-electron chi connectivity index (χ0n) is 21.3. The topological polar surface area (TPSA) is 112 Å². The van der Waals surface area contributed by atoms with Crippen LogP contribution < -0.4 is 0 Å². The van der Waals surface area contributed by atoms with E-state index in [1.807, 2.05) is 60.7 Å². The molecule has 1 fully saturated rings. The van der Waals surface area contributed by atoms with Crippen LogP contribution in [-0.4, -0.2) is 65.0 Å². The van der Waals surface area contributed by atoms with Crippen LogP contribution in [0.4, 0.5) is 0 Å². The van der Waals surface area contributed by atoms with E-state index in [4.69, 9.17) is 18.9 Å². The van der Waals surface area contributed by atoms with Gasteiger partial charge in [-0.2, -0.15) is 0 Å². The number of imide groups is 1. The Bertz CT molecular complexity index is 1280. The smallest absolute Gasteiger partial charge is 0.302 e. The largest absolute Gasteiger partial charge is 0.463 e. The number of benzene rings is 3. The number of esters is 1. The molecule has 0 radical (unpaired) electrons. The summed E-state index contributed by atoms with van der Waals surface area (Å²) in [6.07, 6.45) is -4.48. The molecule has 5 rings (SSSR count). The Kier molecular flexibility index (Phi) is 8.13. The average Bonchev–Trinajstić information content (AvgIpc) is 3.20. The molecule has 0 saturated carbocycles. The van der Waals surface area contributed by atoms with Gasteiger partial charge in [-0.3, -0.25) is 19.3 Å². The molecule has 9 nitrogen and oxygen atoms in total. The second-order valence-electron chi connectivity index (χ2n) is 9.41. The third kappa shape index (κ3) is 5.76. The highest BCUT2D eigenvalue weighted by Gasteiger charge is 2.54. The van der Waals surface area contributed by atoms with E-state index in [0.717, 1.165) is 16.0 Å². The van der Waals surface area contributed by atoms with Crippen molar-refractivity contribution in [1.82, 2.24) is 4.90 Å². The summed E-state index contributed by atoms with van der Waals surface area (Å²) in [6, 6.07) is 24.0. The second-order valence-corrected chi connectivity index (χ2v) is 9.41. The summed E-state index contributed by atoms with van der Waals surface area (Å²) in [5.41, 5.74) is 2.19. The number of carbonyl (C=O) groups is 3. The van der Waals surface area contributed by atoms with E-state index in [-0.39, 0.29) is 30.9 Å². The van der Waals surface area contributed by atoms with Crippen LogP contribution in [0.15, 0.2) is 84.9 Å². The lowest BCUT2D eigenvalue weighted by Crippen LogP contribution is -2.66. The van der Waals surface area contributed by atoms with Crippen LogP contribution in [0.5, 0.6) is 0 Å². The van der Waals surface area contributed by atoms with Gasteiger partial charge >= 0.3 is 5.97 Å². The zero-order chi connectivity index (χ0) is 27.4. The molecule has 5 atom stereocenters. The van der Waals surface area contributed by atoms with E-state index in [0.29, 0.717) is 0 Å². The first-order chi connectivity index (χ1) is 18.9. The maximum atomic E-state index is 13.4. The summed E-state index contributed by atoms with van der Waals surface area (Å²) in [4.78, 5) is 39.5. The van der Waals surface area contributed by atoms with Crippen molar-refractivity contribution in [2.24, 2.45) is 0 Å². The summed E-state index contributed by atoms with van der Waals surface area (Å²) >= 11 is 0. The number of fused-ring (bicyclic) bond motifs is 1. The standard InChI is InChI=1S/C30H29NO8/c1-19(32)36-18-24-26(37-16-20-10-4-2-5-11-20)27(38-17-21-12-6-3-7-13-21)25(30(35)39-24)31-28(33)22-14-8-9-15-23(22)29(31)34/h2-15,24-27,30,35H,16-18H2,1H3/t24-,25+,26-,27-,30+/m1/s1. The van der Waals surface area contributed by atoms with E-state index >= 15 is 0 Å². The average molecular weight is 532 g/mol. The van der Waals surface area contributed by atoms with Gasteiger partial charge < -0.3 is 24.1 Å². The highest BCUT2D eigenvalue weighted by molar-refractivity contribution is 6.21. The molecular formula is C30H29NO8. The number of nitrogens with zero attached hydrogens (tertiary/aromatic N) is 1. The van der Waals surface area contributed by atoms with Gasteiger partial charge in [-0.05, 0) is 23.3 Å². The van der Waals surface area contributed by atoms with Gasteiger partial charge in [0, 0.05) is 6.92 Å². The molecular weight excluding hydrogens is 502 g/mol. The number of amides is 2. The van der Waals surface area contributed by atoms with E-state index in [1.165, 1.54) is 6.92 Å². The van der Waals surface area contributed by atoms with Gasteiger partial charge in [0.1, 0.15) is 31.0 Å². The van der Waals surface area contributed by atoms with Crippen LogP contribution >= 0.6 is 0 Å². The Morgan fingerprint density at radius 3 is 1.79 bits per heavy atom. The molecule has 39 heavy (non-hydrogen) atoms. The second kappa shape index (κ2) is 11.9. The van der Waals surface area contributed by atoms with Gasteiger partial charge in [-0.1, -0.05) is 72.8 Å². The Morgan fingerprint density at radius 2 is 1.28 bits per heavy atom. The number of hydrogen-bond donors (Lipinski definition) is 1. The molecule has 0 spiro atoms. The lowest BCUT2D eigenvalue weighted by molar-refractivity contribution is -0.284. The van der Waals surface area contributed by atoms with E-state index in [9.17, 15) is 19.5 Å². The maximum Gasteiger partial charge on any atom is 0.302 e. The Hall–Kier alpha value is -3.89. The van der Waals surface area contributed by atoms with Crippen molar-refractivity contribution < 1.29 is 38.4 Å². The number of carbonyl (C=O) groups excluding carboxylic acids is 3. The molecule has 0 bridgehead atoms. The fourth-order valence-electron chi connectivity index (χ4n) is 4.92. The normalized spacial score (nSPS) is 24.5. The van der Waals surface area contributed by atoms with Crippen LogP contribution in [-0.2, 0) is 37.0 Å². The third-order valence-electron chi connectivity index (χ3n) is 6.78. The van der Waals surface area contributed by atoms with Crippen LogP contribution in [0.25, 0.3) is 0 Å². The molecule has 202 valence electrons. The fourth-order valence-corrected chi connectivity index (χ4v) is 4.92. The number of ether oxygens (including phenoxy) is 4. The van der Waals surface area contributed by atoms with Crippen LogP contribution in [0.1, 0.15) is 38.8 Å². The number of aliphatic hydroxyl groups excluding tert-OH is 1. The molecule has 3 aromatic carbocycles. The first kappa shape index (κ1) is 26.7. The van der Waals surface area contributed by atoms with E-state index in [2.05, 4.69) is 0 Å². The Labute approximate surface area is 225 Å². The van der Waals surface area contributed by atoms with Gasteiger partial charge in [0.05, 0.1) is 24.3 Å². The molecule has 2 heterocycles. The molecule has 2 aliphatic rings. The van der Waals surface area contributed by atoms with Crippen molar-refractivity contribution in [2.45, 2.75) is 50.8 Å². The van der Waals surface area contributed by atoms with Crippen LogP contribution in [0.2, 0.25) is 0 Å². The molecule has 2 amide bonds. The first-order valence-corrected chi connectivity index (χ1v) is 12.7. The summed E-state index contributed by atoms with van der Waals surface area (Å²) < 4.78 is 23.7. The van der Waals surface area contributed by atoms with E-state index in [1.54, 1.807) is 24.3 Å². The van der Waals surface area contributed by atoms with Crippen molar-refractivity contribution in [1.29, 1.82) is 0 Å². The van der Waals surface area contributed by atoms with Crippen molar-refractivity contribution in [3.05, 3.63) is 107 Å². The predicted molar refractivity (Wildman–Crippen MR) is 138 cm³/mol. The molecule has 3 aromatic rings. The number of aliphatic hydroxyl groups is 1. The fraction of sp³-hybridized carbons (Fsp3) is 0.300. The molecule has 1 saturated heterocycles. The summed E-state index contributed by atoms with van der Waals surface area (Å²) in [6.45, 7) is 1.32. The molecule has 2 aliphatic heterocycles. The minimum absolute atomic E-state index is 0.114. The Balaban J connectivity index is 1.50. The third-order valence-corrected chi connectivity index (χ3v) is 6.78. The number of hydrogen-bond acceptors (Lipinski definition) is 8. The van der Waals surface area contributed by atoms with Crippen molar-refractivity contribution in [3.63, 3.8) is 0 Å². The van der Waals surface area contributed by atoms with Crippen LogP contribution in [0, 0.1) is 0 Å². The molecule has 0 unspecified atom stereocenters. The molecule has 1 N–H and O–H groups in total. The quantitative estimate of drug-likeness (QED) is 0.331.